The summed E-state index contributed by atoms with van der Waals surface area (Å²) in [5, 5.41) is 15.8. The van der Waals surface area contributed by atoms with Gasteiger partial charge in [0, 0.05) is 6.42 Å². The van der Waals surface area contributed by atoms with Crippen LogP contribution in [0, 0.1) is 25.2 Å². The Bertz CT molecular complexity index is 1300. The summed E-state index contributed by atoms with van der Waals surface area (Å²) in [6.07, 6.45) is 2.41. The first-order valence-corrected chi connectivity index (χ1v) is 13.2. The molecule has 0 bridgehead atoms. The van der Waals surface area contributed by atoms with Gasteiger partial charge in [-0.25, -0.2) is 0 Å². The Morgan fingerprint density at radius 1 is 1.03 bits per heavy atom. The molecule has 37 heavy (non-hydrogen) atoms. The van der Waals surface area contributed by atoms with Gasteiger partial charge in [0.05, 0.1) is 12.2 Å². The van der Waals surface area contributed by atoms with E-state index in [0.717, 1.165) is 22.8 Å². The molecule has 0 atom stereocenters. The molecule has 1 N–H and O–H groups in total. The minimum Gasteiger partial charge on any atom is -0.490 e. The topological polar surface area (TPSA) is 96.6 Å². The van der Waals surface area contributed by atoms with Gasteiger partial charge in [0.15, 0.2) is 17.3 Å². The predicted octanol–water partition coefficient (Wildman–Crippen LogP) is 5.83. The van der Waals surface area contributed by atoms with Crippen molar-refractivity contribution in [3.8, 4) is 17.2 Å². The molecular weight excluding hydrogens is 488 g/mol. The minimum atomic E-state index is -0.452. The zero-order chi connectivity index (χ0) is 26.5. The standard InChI is InChI=1S/C28H32N4O4S/c1-6-34-24-16-20(8-10-23(24)36-12-11-35-22-9-7-18(4)14-19(22)5)15-21-26(29)32-28(30-27(21)33)37-25(31-32)13-17(2)3/h7-10,14-17,29H,6,11-13H2,1-5H3/b21-15-,29-26?. The number of amides is 1. The van der Waals surface area contributed by atoms with Crippen LogP contribution in [0.3, 0.4) is 0 Å². The number of benzene rings is 2. The quantitative estimate of drug-likeness (QED) is 0.313. The number of aliphatic imine (C=N–C) groups is 1. The van der Waals surface area contributed by atoms with Gasteiger partial charge in [-0.2, -0.15) is 15.1 Å². The first-order valence-electron chi connectivity index (χ1n) is 12.3. The summed E-state index contributed by atoms with van der Waals surface area (Å²) in [7, 11) is 0. The number of rotatable bonds is 10. The number of nitrogens with zero attached hydrogens (tertiary/aromatic N) is 3. The van der Waals surface area contributed by atoms with E-state index in [9.17, 15) is 4.79 Å². The fourth-order valence-electron chi connectivity index (χ4n) is 3.90. The number of carbonyl (C=O) groups is 1. The monoisotopic (exact) mass is 520 g/mol. The zero-order valence-electron chi connectivity index (χ0n) is 21.8. The molecule has 0 saturated carbocycles. The van der Waals surface area contributed by atoms with E-state index in [1.807, 2.05) is 32.0 Å². The largest absolute Gasteiger partial charge is 0.490 e. The minimum absolute atomic E-state index is 0.0168. The lowest BCUT2D eigenvalue weighted by molar-refractivity contribution is -0.114. The number of hydrogen-bond acceptors (Lipinski definition) is 7. The molecule has 4 rings (SSSR count). The third-order valence-corrected chi connectivity index (χ3v) is 6.52. The molecule has 0 spiro atoms. The second-order valence-electron chi connectivity index (χ2n) is 9.22. The van der Waals surface area contributed by atoms with Crippen molar-refractivity contribution in [3.63, 3.8) is 0 Å². The van der Waals surface area contributed by atoms with Crippen molar-refractivity contribution in [3.05, 3.63) is 58.7 Å². The second kappa shape index (κ2) is 11.6. The van der Waals surface area contributed by atoms with Crippen molar-refractivity contribution in [2.45, 2.75) is 41.0 Å². The number of carbonyl (C=O) groups excluding carboxylic acids is 1. The summed E-state index contributed by atoms with van der Waals surface area (Å²) >= 11 is 1.35. The van der Waals surface area contributed by atoms with E-state index in [4.69, 9.17) is 19.6 Å². The summed E-state index contributed by atoms with van der Waals surface area (Å²) in [6, 6.07) is 11.5. The van der Waals surface area contributed by atoms with E-state index < -0.39 is 5.91 Å². The van der Waals surface area contributed by atoms with Gasteiger partial charge >= 0.3 is 0 Å². The molecule has 0 radical (unpaired) electrons. The summed E-state index contributed by atoms with van der Waals surface area (Å²) in [4.78, 5) is 16.9. The van der Waals surface area contributed by atoms with Crippen molar-refractivity contribution >= 4 is 39.8 Å². The smallest absolute Gasteiger partial charge is 0.283 e. The van der Waals surface area contributed by atoms with Crippen molar-refractivity contribution < 1.29 is 19.0 Å². The van der Waals surface area contributed by atoms with E-state index in [1.165, 1.54) is 22.3 Å². The first-order chi connectivity index (χ1) is 17.7. The molecule has 0 unspecified atom stereocenters. The molecule has 9 heteroatoms. The number of aryl methyl sites for hydroxylation is 2. The van der Waals surface area contributed by atoms with Gasteiger partial charge in [0.1, 0.15) is 24.0 Å². The Labute approximate surface area is 221 Å². The van der Waals surface area contributed by atoms with Crippen LogP contribution in [-0.4, -0.2) is 46.8 Å². The normalized spacial score (nSPS) is 16.2. The fourth-order valence-corrected chi connectivity index (χ4v) is 4.99. The Kier molecular flexibility index (Phi) is 8.33. The Balaban J connectivity index is 1.46. The summed E-state index contributed by atoms with van der Waals surface area (Å²) in [5.74, 6) is 1.95. The zero-order valence-corrected chi connectivity index (χ0v) is 22.6. The molecule has 0 aromatic heterocycles. The highest BCUT2D eigenvalue weighted by Crippen LogP contribution is 2.33. The highest BCUT2D eigenvalue weighted by molar-refractivity contribution is 8.26. The van der Waals surface area contributed by atoms with Crippen LogP contribution < -0.4 is 14.2 Å². The van der Waals surface area contributed by atoms with Gasteiger partial charge in [-0.3, -0.25) is 10.2 Å². The number of amidine groups is 2. The Hall–Kier alpha value is -3.59. The van der Waals surface area contributed by atoms with Crippen molar-refractivity contribution in [2.75, 3.05) is 19.8 Å². The molecule has 0 aliphatic carbocycles. The Morgan fingerprint density at radius 3 is 2.46 bits per heavy atom. The van der Waals surface area contributed by atoms with Crippen LogP contribution >= 0.6 is 11.8 Å². The molecule has 2 aromatic carbocycles. The van der Waals surface area contributed by atoms with Gasteiger partial charge in [-0.15, -0.1) is 0 Å². The number of nitrogens with one attached hydrogen (secondary N) is 1. The summed E-state index contributed by atoms with van der Waals surface area (Å²) < 4.78 is 17.6. The van der Waals surface area contributed by atoms with E-state index in [1.54, 1.807) is 18.2 Å². The number of hydrogen-bond donors (Lipinski definition) is 1. The van der Waals surface area contributed by atoms with Crippen LogP contribution in [0.2, 0.25) is 0 Å². The maximum Gasteiger partial charge on any atom is 0.283 e. The average molecular weight is 521 g/mol. The number of hydrazone groups is 1. The molecule has 2 aliphatic heterocycles. The van der Waals surface area contributed by atoms with Crippen LogP contribution in [0.15, 0.2) is 52.1 Å². The van der Waals surface area contributed by atoms with Crippen LogP contribution in [-0.2, 0) is 4.79 Å². The van der Waals surface area contributed by atoms with E-state index in [-0.39, 0.29) is 11.4 Å². The van der Waals surface area contributed by atoms with E-state index >= 15 is 0 Å². The molecule has 0 fully saturated rings. The molecule has 194 valence electrons. The lowest BCUT2D eigenvalue weighted by Gasteiger charge is -2.20. The van der Waals surface area contributed by atoms with Gasteiger partial charge in [-0.05, 0) is 73.9 Å². The third kappa shape index (κ3) is 6.40. The predicted molar refractivity (Wildman–Crippen MR) is 149 cm³/mol. The molecule has 8 nitrogen and oxygen atoms in total. The van der Waals surface area contributed by atoms with Gasteiger partial charge in [0.2, 0.25) is 5.17 Å². The van der Waals surface area contributed by atoms with Crippen LogP contribution in [0.5, 0.6) is 17.2 Å². The highest BCUT2D eigenvalue weighted by Gasteiger charge is 2.35. The summed E-state index contributed by atoms with van der Waals surface area (Å²) in [6.45, 7) is 11.4. The van der Waals surface area contributed by atoms with Crippen LogP contribution in [0.25, 0.3) is 6.08 Å². The average Bonchev–Trinajstić information content (AvgIpc) is 3.23. The molecule has 2 aromatic rings. The van der Waals surface area contributed by atoms with Crippen LogP contribution in [0.1, 0.15) is 43.9 Å². The van der Waals surface area contributed by atoms with E-state index in [0.29, 0.717) is 48.0 Å². The number of thioether (sulfide) groups is 1. The highest BCUT2D eigenvalue weighted by atomic mass is 32.2. The van der Waals surface area contributed by atoms with Gasteiger partial charge in [-0.1, -0.05) is 37.6 Å². The maximum absolute atomic E-state index is 12.7. The molecule has 2 aliphatic rings. The van der Waals surface area contributed by atoms with E-state index in [2.05, 4.69) is 36.9 Å². The lowest BCUT2D eigenvalue weighted by Crippen LogP contribution is -2.35. The Morgan fingerprint density at radius 2 is 1.76 bits per heavy atom. The van der Waals surface area contributed by atoms with Crippen molar-refractivity contribution in [1.29, 1.82) is 5.41 Å². The first kappa shape index (κ1) is 26.5. The number of fused-ring (bicyclic) bond motifs is 1. The van der Waals surface area contributed by atoms with Crippen molar-refractivity contribution in [1.82, 2.24) is 5.01 Å². The molecule has 2 heterocycles. The maximum atomic E-state index is 12.7. The van der Waals surface area contributed by atoms with Gasteiger partial charge in [0.25, 0.3) is 5.91 Å². The van der Waals surface area contributed by atoms with Gasteiger partial charge < -0.3 is 14.2 Å². The van der Waals surface area contributed by atoms with Crippen LogP contribution in [0.4, 0.5) is 0 Å². The number of ether oxygens (including phenoxy) is 3. The molecular formula is C28H32N4O4S. The second-order valence-corrected chi connectivity index (χ2v) is 10.3. The SMILES string of the molecule is CCOc1cc(/C=C2/C(=N)N3N=C(CC(C)C)SC3=NC2=O)ccc1OCCOc1ccc(C)cc1C. The third-order valence-electron chi connectivity index (χ3n) is 5.59. The lowest BCUT2D eigenvalue weighted by atomic mass is 10.1. The fraction of sp³-hybridized carbons (Fsp3) is 0.357. The van der Waals surface area contributed by atoms with Crippen molar-refractivity contribution in [2.24, 2.45) is 16.0 Å². The summed E-state index contributed by atoms with van der Waals surface area (Å²) in [5.41, 5.74) is 3.16. The molecule has 0 saturated heterocycles. The molecule has 1 amide bonds.